The second-order valence-corrected chi connectivity index (χ2v) is 9.86. The molecule has 41 heavy (non-hydrogen) atoms. The van der Waals surface area contributed by atoms with Gasteiger partial charge in [-0.2, -0.15) is 0 Å². The summed E-state index contributed by atoms with van der Waals surface area (Å²) < 4.78 is 12.8. The number of hydrogen-bond donors (Lipinski definition) is 5. The number of methoxy groups -OCH3 is 1. The number of aliphatic hydroxyl groups is 2. The Morgan fingerprint density at radius 2 is 1.76 bits per heavy atom. The van der Waals surface area contributed by atoms with Gasteiger partial charge in [0.15, 0.2) is 17.1 Å². The summed E-state index contributed by atoms with van der Waals surface area (Å²) in [5.41, 5.74) is 0.597. The lowest BCUT2D eigenvalue weighted by Crippen LogP contribution is -2.42. The average molecular weight is 576 g/mol. The van der Waals surface area contributed by atoms with Gasteiger partial charge < -0.3 is 39.6 Å². The predicted octanol–water partition coefficient (Wildman–Crippen LogP) is 0.787. The third kappa shape index (κ3) is 7.27. The molecule has 2 heterocycles. The van der Waals surface area contributed by atoms with Crippen LogP contribution in [-0.2, 0) is 21.4 Å². The largest absolute Gasteiger partial charge is 0.493 e. The highest BCUT2D eigenvalue weighted by Gasteiger charge is 2.41. The molecule has 14 nitrogen and oxygen atoms in total. The summed E-state index contributed by atoms with van der Waals surface area (Å²) in [6, 6.07) is 4.06. The number of aryl methyl sites for hydroxylation is 1. The van der Waals surface area contributed by atoms with Crippen LogP contribution < -0.4 is 15.2 Å². The number of ether oxygens (including phenoxy) is 2. The van der Waals surface area contributed by atoms with Gasteiger partial charge in [0, 0.05) is 36.5 Å². The summed E-state index contributed by atoms with van der Waals surface area (Å²) >= 11 is 0. The first-order valence-electron chi connectivity index (χ1n) is 12.8. The van der Waals surface area contributed by atoms with Crippen molar-refractivity contribution in [1.29, 1.82) is 0 Å². The fraction of sp³-hybridized carbons (Fsp3) is 0.481. The number of rotatable bonds is 9. The number of carboxylic acids is 3. The van der Waals surface area contributed by atoms with Crippen molar-refractivity contribution >= 4 is 23.6 Å². The molecule has 1 fully saturated rings. The van der Waals surface area contributed by atoms with E-state index in [1.807, 2.05) is 19.1 Å². The minimum Gasteiger partial charge on any atom is -0.493 e. The average Bonchev–Trinajstić information content (AvgIpc) is 2.89. The van der Waals surface area contributed by atoms with Crippen LogP contribution in [0.25, 0.3) is 0 Å². The van der Waals surface area contributed by atoms with E-state index >= 15 is 0 Å². The van der Waals surface area contributed by atoms with Gasteiger partial charge in [0.1, 0.15) is 0 Å². The first-order chi connectivity index (χ1) is 19.3. The Morgan fingerprint density at radius 3 is 2.29 bits per heavy atom. The van der Waals surface area contributed by atoms with Crippen LogP contribution in [0, 0.1) is 0 Å². The van der Waals surface area contributed by atoms with Crippen molar-refractivity contribution in [2.75, 3.05) is 13.7 Å². The van der Waals surface area contributed by atoms with Crippen LogP contribution >= 0.6 is 0 Å². The number of hydrogen-bond acceptors (Lipinski definition) is 10. The van der Waals surface area contributed by atoms with Crippen LogP contribution in [0.2, 0.25) is 0 Å². The van der Waals surface area contributed by atoms with Gasteiger partial charge in [-0.1, -0.05) is 0 Å². The van der Waals surface area contributed by atoms with E-state index in [0.717, 1.165) is 35.2 Å². The maximum Gasteiger partial charge on any atom is 0.347 e. The number of aliphatic imine (C=N–C) groups is 1. The van der Waals surface area contributed by atoms with E-state index in [1.54, 1.807) is 26.6 Å². The van der Waals surface area contributed by atoms with E-state index in [0.29, 0.717) is 24.5 Å². The van der Waals surface area contributed by atoms with Gasteiger partial charge in [-0.05, 0) is 43.9 Å². The molecule has 14 heteroatoms. The van der Waals surface area contributed by atoms with Crippen molar-refractivity contribution in [3.05, 3.63) is 51.7 Å². The summed E-state index contributed by atoms with van der Waals surface area (Å²) in [6.45, 7) is 2.48. The standard InChI is InChI=1S/C21H25N3O4.C6H8O7/c1-4-28-19-8-14-15-7-13(25)5-6-17(15)23-20(16(14)9-18(19)27-3)12-10-22-21(26)24(2)11-12;7-3(8)1-6(13,5(11)12)2-4(9)10/h8-11,13,15,17,25H,4-7H2,1-3H3;13H,1-2H2,(H,7,8)(H,9,10)(H,11,12)/t13-,15-,17-;/m1./s1. The first-order valence-corrected chi connectivity index (χ1v) is 12.8. The summed E-state index contributed by atoms with van der Waals surface area (Å²) in [5, 5.41) is 44.1. The number of benzene rings is 1. The Morgan fingerprint density at radius 1 is 1.10 bits per heavy atom. The van der Waals surface area contributed by atoms with Crippen LogP contribution in [0.3, 0.4) is 0 Å². The number of aliphatic carboxylic acids is 3. The van der Waals surface area contributed by atoms with Crippen LogP contribution in [-0.4, -0.2) is 90.2 Å². The van der Waals surface area contributed by atoms with Gasteiger partial charge in [-0.25, -0.2) is 14.6 Å². The molecular weight excluding hydrogens is 542 g/mol. The zero-order valence-corrected chi connectivity index (χ0v) is 22.8. The highest BCUT2D eigenvalue weighted by atomic mass is 16.5. The lowest BCUT2D eigenvalue weighted by atomic mass is 9.74. The van der Waals surface area contributed by atoms with Crippen LogP contribution in [0.5, 0.6) is 11.5 Å². The highest BCUT2D eigenvalue weighted by Crippen LogP contribution is 2.44. The lowest BCUT2D eigenvalue weighted by molar-refractivity contribution is -0.170. The Bertz CT molecular complexity index is 1390. The number of fused-ring (bicyclic) bond motifs is 3. The molecule has 1 aromatic heterocycles. The Balaban J connectivity index is 0.000000302. The molecule has 0 saturated heterocycles. The summed E-state index contributed by atoms with van der Waals surface area (Å²) in [7, 11) is 3.30. The number of carboxylic acid groups (broad SMARTS) is 3. The Kier molecular flexibility index (Phi) is 9.83. The van der Waals surface area contributed by atoms with Gasteiger partial charge in [0.2, 0.25) is 0 Å². The quantitative estimate of drug-likeness (QED) is 0.280. The molecule has 0 spiro atoms. The zero-order chi connectivity index (χ0) is 30.5. The van der Waals surface area contributed by atoms with E-state index in [1.165, 1.54) is 4.57 Å². The maximum atomic E-state index is 11.7. The van der Waals surface area contributed by atoms with E-state index in [-0.39, 0.29) is 23.8 Å². The molecule has 2 aliphatic rings. The molecule has 5 N–H and O–H groups in total. The third-order valence-electron chi connectivity index (χ3n) is 6.88. The Hall–Kier alpha value is -4.30. The molecule has 0 unspecified atom stereocenters. The van der Waals surface area contributed by atoms with E-state index in [2.05, 4.69) is 4.98 Å². The van der Waals surface area contributed by atoms with Crippen LogP contribution in [0.4, 0.5) is 0 Å². The van der Waals surface area contributed by atoms with Gasteiger partial charge in [-0.3, -0.25) is 14.6 Å². The smallest absolute Gasteiger partial charge is 0.347 e. The molecule has 0 amide bonds. The van der Waals surface area contributed by atoms with Gasteiger partial charge in [-0.15, -0.1) is 0 Å². The number of carbonyl (C=O) groups is 3. The van der Waals surface area contributed by atoms with Gasteiger partial charge >= 0.3 is 23.6 Å². The minimum atomic E-state index is -2.74. The maximum absolute atomic E-state index is 11.7. The molecule has 0 radical (unpaired) electrons. The second-order valence-electron chi connectivity index (χ2n) is 9.86. The number of aliphatic hydroxyl groups excluding tert-OH is 1. The molecule has 222 valence electrons. The molecule has 0 bridgehead atoms. The monoisotopic (exact) mass is 575 g/mol. The number of nitrogens with zero attached hydrogens (tertiary/aromatic N) is 3. The fourth-order valence-corrected chi connectivity index (χ4v) is 4.95. The fourth-order valence-electron chi connectivity index (χ4n) is 4.95. The zero-order valence-electron chi connectivity index (χ0n) is 22.8. The van der Waals surface area contributed by atoms with Crippen molar-refractivity contribution in [2.45, 2.75) is 62.7 Å². The summed E-state index contributed by atoms with van der Waals surface area (Å²) in [5.74, 6) is -3.55. The van der Waals surface area contributed by atoms with Crippen molar-refractivity contribution in [3.63, 3.8) is 0 Å². The summed E-state index contributed by atoms with van der Waals surface area (Å²) in [6.07, 6.45) is 2.98. The molecule has 1 aromatic carbocycles. The molecule has 3 atom stereocenters. The molecule has 1 aliphatic heterocycles. The van der Waals surface area contributed by atoms with Gasteiger partial charge in [0.05, 0.1) is 44.4 Å². The minimum absolute atomic E-state index is 0.0889. The van der Waals surface area contributed by atoms with E-state index in [9.17, 15) is 24.3 Å². The predicted molar refractivity (Wildman–Crippen MR) is 143 cm³/mol. The molecule has 1 saturated carbocycles. The van der Waals surface area contributed by atoms with Gasteiger partial charge in [0.25, 0.3) is 0 Å². The van der Waals surface area contributed by atoms with Crippen molar-refractivity contribution in [2.24, 2.45) is 12.0 Å². The molecule has 1 aliphatic carbocycles. The summed E-state index contributed by atoms with van der Waals surface area (Å²) in [4.78, 5) is 51.2. The Labute approximate surface area is 234 Å². The normalized spacial score (nSPS) is 19.4. The molecule has 4 rings (SSSR count). The van der Waals surface area contributed by atoms with Crippen molar-refractivity contribution in [1.82, 2.24) is 9.55 Å². The molecular formula is C27H33N3O11. The molecule has 2 aromatic rings. The first kappa shape index (κ1) is 31.2. The topological polar surface area (TPSA) is 218 Å². The van der Waals surface area contributed by atoms with Crippen molar-refractivity contribution in [3.8, 4) is 11.5 Å². The number of aromatic nitrogens is 2. The van der Waals surface area contributed by atoms with Crippen LogP contribution in [0.15, 0.2) is 34.3 Å². The van der Waals surface area contributed by atoms with Crippen molar-refractivity contribution < 1.29 is 49.4 Å². The lowest BCUT2D eigenvalue weighted by Gasteiger charge is -2.37. The SMILES string of the molecule is CCOc1cc2c(cc1OC)C(c1cnc(=O)n(C)c1)=N[C@@H]1CC[C@@H](O)C[C@H]21.O=C(O)CC(O)(CC(=O)O)C(=O)O. The van der Waals surface area contributed by atoms with E-state index < -0.39 is 36.4 Å². The van der Waals surface area contributed by atoms with E-state index in [4.69, 9.17) is 34.9 Å². The second kappa shape index (κ2) is 12.9. The highest BCUT2D eigenvalue weighted by molar-refractivity contribution is 6.14. The third-order valence-corrected chi connectivity index (χ3v) is 6.88. The van der Waals surface area contributed by atoms with Crippen LogP contribution in [0.1, 0.15) is 61.6 Å².